The van der Waals surface area contributed by atoms with E-state index in [4.69, 9.17) is 0 Å². The van der Waals surface area contributed by atoms with Crippen LogP contribution in [0, 0.1) is 29.3 Å². The van der Waals surface area contributed by atoms with Crippen molar-refractivity contribution in [2.24, 2.45) is 11.8 Å². The van der Waals surface area contributed by atoms with Gasteiger partial charge in [0, 0.05) is 24.6 Å². The fourth-order valence-electron chi connectivity index (χ4n) is 3.26. The van der Waals surface area contributed by atoms with Gasteiger partial charge in [0.1, 0.15) is 0 Å². The number of likely N-dealkylation sites (tertiary alicyclic amines) is 1. The van der Waals surface area contributed by atoms with Crippen molar-refractivity contribution in [2.75, 3.05) is 13.1 Å². The summed E-state index contributed by atoms with van der Waals surface area (Å²) in [5.41, 5.74) is -0.198. The molecule has 1 aromatic rings. The summed E-state index contributed by atoms with van der Waals surface area (Å²) in [6.07, 6.45) is 1.17. The number of benzene rings is 1. The van der Waals surface area contributed by atoms with Gasteiger partial charge in [0.05, 0.1) is 6.10 Å². The van der Waals surface area contributed by atoms with E-state index in [0.717, 1.165) is 12.8 Å². The Hall–Kier alpha value is -1.56. The lowest BCUT2D eigenvalue weighted by Gasteiger charge is -2.18. The summed E-state index contributed by atoms with van der Waals surface area (Å²) < 4.78 is 39.2. The monoisotopic (exact) mass is 285 g/mol. The molecule has 1 aliphatic heterocycles. The van der Waals surface area contributed by atoms with Gasteiger partial charge in [-0.15, -0.1) is 0 Å². The standard InChI is InChI=1S/C14H14F3NO2/c15-10-3-8(4-11(16)13(10)17)14(20)18-5-7-1-2-12(19)9(7)6-18/h3-4,7,9,12,19H,1-2,5-6H2. The minimum absolute atomic E-state index is 0.0362. The van der Waals surface area contributed by atoms with Crippen LogP contribution < -0.4 is 0 Å². The summed E-state index contributed by atoms with van der Waals surface area (Å²) in [4.78, 5) is 13.7. The maximum Gasteiger partial charge on any atom is 0.254 e. The molecule has 1 N–H and O–H groups in total. The summed E-state index contributed by atoms with van der Waals surface area (Å²) >= 11 is 0. The number of aliphatic hydroxyl groups is 1. The van der Waals surface area contributed by atoms with E-state index in [9.17, 15) is 23.1 Å². The van der Waals surface area contributed by atoms with Gasteiger partial charge in [-0.3, -0.25) is 4.79 Å². The van der Waals surface area contributed by atoms with Gasteiger partial charge in [-0.05, 0) is 30.9 Å². The lowest BCUT2D eigenvalue weighted by atomic mass is 10.00. The molecule has 108 valence electrons. The summed E-state index contributed by atoms with van der Waals surface area (Å²) in [6.45, 7) is 0.854. The molecule has 3 nitrogen and oxygen atoms in total. The van der Waals surface area contributed by atoms with E-state index < -0.39 is 29.5 Å². The first-order chi connectivity index (χ1) is 9.47. The topological polar surface area (TPSA) is 40.5 Å². The average Bonchev–Trinajstić information content (AvgIpc) is 2.97. The summed E-state index contributed by atoms with van der Waals surface area (Å²) in [5.74, 6) is -4.56. The molecule has 6 heteroatoms. The third-order valence-electron chi connectivity index (χ3n) is 4.34. The number of fused-ring (bicyclic) bond motifs is 1. The molecule has 1 saturated carbocycles. The SMILES string of the molecule is O=C(c1cc(F)c(F)c(F)c1)N1CC2CCC(O)C2C1. The van der Waals surface area contributed by atoms with E-state index in [0.29, 0.717) is 25.2 Å². The Bertz CT molecular complexity index is 540. The van der Waals surface area contributed by atoms with Crippen molar-refractivity contribution in [3.8, 4) is 0 Å². The average molecular weight is 285 g/mol. The van der Waals surface area contributed by atoms with Crippen LogP contribution in [-0.4, -0.2) is 35.1 Å². The second kappa shape index (κ2) is 4.77. The molecule has 0 radical (unpaired) electrons. The number of halogens is 3. The maximum atomic E-state index is 13.2. The van der Waals surface area contributed by atoms with Crippen LogP contribution in [-0.2, 0) is 0 Å². The van der Waals surface area contributed by atoms with E-state index in [-0.39, 0.29) is 17.4 Å². The molecule has 3 rings (SSSR count). The van der Waals surface area contributed by atoms with Crippen LogP contribution in [0.2, 0.25) is 0 Å². The van der Waals surface area contributed by atoms with Gasteiger partial charge in [0.2, 0.25) is 0 Å². The van der Waals surface area contributed by atoms with Crippen molar-refractivity contribution < 1.29 is 23.1 Å². The summed E-state index contributed by atoms with van der Waals surface area (Å²) in [5, 5.41) is 9.79. The van der Waals surface area contributed by atoms with Gasteiger partial charge in [-0.2, -0.15) is 0 Å². The molecule has 1 aliphatic carbocycles. The van der Waals surface area contributed by atoms with Crippen LogP contribution in [0.3, 0.4) is 0 Å². The Balaban J connectivity index is 1.81. The van der Waals surface area contributed by atoms with Crippen LogP contribution in [0.4, 0.5) is 13.2 Å². The number of rotatable bonds is 1. The highest BCUT2D eigenvalue weighted by Gasteiger charge is 2.43. The lowest BCUT2D eigenvalue weighted by molar-refractivity contribution is 0.0751. The lowest BCUT2D eigenvalue weighted by Crippen LogP contribution is -2.31. The van der Waals surface area contributed by atoms with Crippen molar-refractivity contribution in [1.82, 2.24) is 4.90 Å². The van der Waals surface area contributed by atoms with Crippen molar-refractivity contribution in [3.05, 3.63) is 35.1 Å². The fraction of sp³-hybridized carbons (Fsp3) is 0.500. The van der Waals surface area contributed by atoms with E-state index in [2.05, 4.69) is 0 Å². The van der Waals surface area contributed by atoms with E-state index in [1.807, 2.05) is 0 Å². The maximum absolute atomic E-state index is 13.2. The number of nitrogens with zero attached hydrogens (tertiary/aromatic N) is 1. The van der Waals surface area contributed by atoms with Crippen LogP contribution in [0.25, 0.3) is 0 Å². The minimum atomic E-state index is -1.57. The molecule has 1 heterocycles. The molecule has 2 aliphatic rings. The smallest absolute Gasteiger partial charge is 0.254 e. The Kier molecular flexibility index (Phi) is 3.20. The Morgan fingerprint density at radius 3 is 2.40 bits per heavy atom. The zero-order valence-corrected chi connectivity index (χ0v) is 10.7. The Morgan fingerprint density at radius 1 is 1.15 bits per heavy atom. The van der Waals surface area contributed by atoms with Crippen molar-refractivity contribution in [1.29, 1.82) is 0 Å². The number of hydrogen-bond donors (Lipinski definition) is 1. The zero-order chi connectivity index (χ0) is 14.4. The predicted molar refractivity (Wildman–Crippen MR) is 64.4 cm³/mol. The van der Waals surface area contributed by atoms with Gasteiger partial charge >= 0.3 is 0 Å². The number of hydrogen-bond acceptors (Lipinski definition) is 2. The van der Waals surface area contributed by atoms with Crippen molar-refractivity contribution in [2.45, 2.75) is 18.9 Å². The predicted octanol–water partition coefficient (Wildman–Crippen LogP) is 1.95. The van der Waals surface area contributed by atoms with Gasteiger partial charge in [0.25, 0.3) is 5.91 Å². The number of aliphatic hydroxyl groups excluding tert-OH is 1. The molecule has 1 amide bonds. The molecule has 1 aromatic carbocycles. The molecular formula is C14H14F3NO2. The minimum Gasteiger partial charge on any atom is -0.393 e. The Morgan fingerprint density at radius 2 is 1.80 bits per heavy atom. The fourth-order valence-corrected chi connectivity index (χ4v) is 3.26. The highest BCUT2D eigenvalue weighted by molar-refractivity contribution is 5.94. The summed E-state index contributed by atoms with van der Waals surface area (Å²) in [7, 11) is 0. The van der Waals surface area contributed by atoms with Crippen LogP contribution >= 0.6 is 0 Å². The third kappa shape index (κ3) is 2.08. The first kappa shape index (κ1) is 13.4. The van der Waals surface area contributed by atoms with Gasteiger partial charge < -0.3 is 10.0 Å². The molecular weight excluding hydrogens is 271 g/mol. The highest BCUT2D eigenvalue weighted by atomic mass is 19.2. The molecule has 0 aromatic heterocycles. The molecule has 1 saturated heterocycles. The second-order valence-electron chi connectivity index (χ2n) is 5.53. The van der Waals surface area contributed by atoms with Crippen LogP contribution in [0.15, 0.2) is 12.1 Å². The second-order valence-corrected chi connectivity index (χ2v) is 5.53. The number of carbonyl (C=O) groups excluding carboxylic acids is 1. The molecule has 2 fully saturated rings. The zero-order valence-electron chi connectivity index (χ0n) is 10.7. The molecule has 3 unspecified atom stereocenters. The van der Waals surface area contributed by atoms with Gasteiger partial charge in [0.15, 0.2) is 17.5 Å². The van der Waals surface area contributed by atoms with Crippen LogP contribution in [0.5, 0.6) is 0 Å². The van der Waals surface area contributed by atoms with Crippen molar-refractivity contribution in [3.63, 3.8) is 0 Å². The van der Waals surface area contributed by atoms with E-state index in [1.165, 1.54) is 4.90 Å². The quantitative estimate of drug-likeness (QED) is 0.801. The normalized spacial score (nSPS) is 28.8. The first-order valence-corrected chi connectivity index (χ1v) is 6.59. The largest absolute Gasteiger partial charge is 0.393 e. The summed E-state index contributed by atoms with van der Waals surface area (Å²) in [6, 6.07) is 1.43. The first-order valence-electron chi connectivity index (χ1n) is 6.59. The van der Waals surface area contributed by atoms with Crippen LogP contribution in [0.1, 0.15) is 23.2 Å². The van der Waals surface area contributed by atoms with Crippen molar-refractivity contribution >= 4 is 5.91 Å². The molecule has 20 heavy (non-hydrogen) atoms. The molecule has 0 spiro atoms. The Labute approximate surface area is 114 Å². The van der Waals surface area contributed by atoms with Gasteiger partial charge in [-0.1, -0.05) is 0 Å². The molecule has 3 atom stereocenters. The van der Waals surface area contributed by atoms with Gasteiger partial charge in [-0.25, -0.2) is 13.2 Å². The third-order valence-corrected chi connectivity index (χ3v) is 4.34. The highest BCUT2D eigenvalue weighted by Crippen LogP contribution is 2.38. The molecule has 0 bridgehead atoms. The number of carbonyl (C=O) groups is 1. The van der Waals surface area contributed by atoms with E-state index >= 15 is 0 Å². The van der Waals surface area contributed by atoms with E-state index in [1.54, 1.807) is 0 Å². The number of amides is 1.